The molecule has 0 N–H and O–H groups in total. The van der Waals surface area contributed by atoms with Crippen molar-refractivity contribution in [1.82, 2.24) is 0 Å². The van der Waals surface area contributed by atoms with E-state index >= 15 is 0 Å². The van der Waals surface area contributed by atoms with Crippen LogP contribution in [-0.4, -0.2) is 52.9 Å². The topological polar surface area (TPSA) is 36.9 Å². The lowest BCUT2D eigenvalue weighted by atomic mass is 9.12. The molecule has 6 aromatic rings. The molecule has 6 rings (SSSR count). The molecule has 0 fully saturated rings. The largest absolute Gasteiger partial charge is 0.486 e. The van der Waals surface area contributed by atoms with Crippen LogP contribution in [0.25, 0.3) is 0 Å². The summed E-state index contributed by atoms with van der Waals surface area (Å²) in [5, 5.41) is 0. The lowest BCUT2D eigenvalue weighted by Crippen LogP contribution is -3.61. The number of benzene rings is 6. The monoisotopic (exact) mass is 1310 g/mol. The molecular formula is C51H36BF24IO4. The highest BCUT2D eigenvalue weighted by molar-refractivity contribution is 7.20. The summed E-state index contributed by atoms with van der Waals surface area (Å²) in [4.78, 5) is 0. The van der Waals surface area contributed by atoms with E-state index in [1.807, 2.05) is 18.2 Å². The van der Waals surface area contributed by atoms with Gasteiger partial charge < -0.3 is 18.9 Å². The van der Waals surface area contributed by atoms with Crippen LogP contribution in [0.4, 0.5) is 105 Å². The van der Waals surface area contributed by atoms with Gasteiger partial charge in [-0.1, -0.05) is 78.9 Å². The number of rotatable bonds is 16. The molecule has 81 heavy (non-hydrogen) atoms. The predicted octanol–water partition coefficient (Wildman–Crippen LogP) is 11.1. The van der Waals surface area contributed by atoms with Crippen LogP contribution >= 0.6 is 0 Å². The lowest BCUT2D eigenvalue weighted by molar-refractivity contribution is -0.598. The minimum Gasteiger partial charge on any atom is -0.486 e. The summed E-state index contributed by atoms with van der Waals surface area (Å²) in [7, 11) is 1.66. The molecule has 0 heterocycles. The van der Waals surface area contributed by atoms with Gasteiger partial charge in [0.25, 0.3) is 0 Å². The van der Waals surface area contributed by atoms with E-state index in [0.717, 1.165) is 5.75 Å². The van der Waals surface area contributed by atoms with Crippen molar-refractivity contribution in [2.24, 2.45) is 0 Å². The molecule has 0 spiro atoms. The fourth-order valence-corrected chi connectivity index (χ4v) is 10.4. The average Bonchev–Trinajstić information content (AvgIpc) is 2.94. The molecule has 30 heteroatoms. The fourth-order valence-electron chi connectivity index (χ4n) is 7.98. The van der Waals surface area contributed by atoms with Crippen molar-refractivity contribution < 1.29 is 146 Å². The number of alkyl halides is 24. The maximum absolute atomic E-state index is 14.2. The van der Waals surface area contributed by atoms with E-state index in [1.54, 1.807) is 7.11 Å². The zero-order chi connectivity index (χ0) is 60.8. The smallest absolute Gasteiger partial charge is 0.416 e. The normalized spacial score (nSPS) is 13.2. The van der Waals surface area contributed by atoms with Crippen LogP contribution in [0.5, 0.6) is 5.75 Å². The number of halogens is 25. The van der Waals surface area contributed by atoms with E-state index in [4.69, 9.17) is 18.9 Å². The van der Waals surface area contributed by atoms with Crippen LogP contribution in [0.15, 0.2) is 127 Å². The van der Waals surface area contributed by atoms with E-state index in [1.165, 1.54) is 7.14 Å². The highest BCUT2D eigenvalue weighted by atomic mass is 127. The van der Waals surface area contributed by atoms with Crippen LogP contribution in [0.3, 0.4) is 0 Å². The van der Waals surface area contributed by atoms with Gasteiger partial charge in [0, 0.05) is 7.11 Å². The number of hydrogen-bond donors (Lipinski definition) is 0. The molecule has 0 aliphatic heterocycles. The summed E-state index contributed by atoms with van der Waals surface area (Å²) in [5.41, 5.74) is -30.2. The second kappa shape index (κ2) is 25.3. The van der Waals surface area contributed by atoms with Gasteiger partial charge in [-0.3, -0.25) is 0 Å². The molecule has 0 aliphatic rings. The van der Waals surface area contributed by atoms with Crippen LogP contribution < -0.4 is 47.8 Å². The molecule has 0 radical (unpaired) electrons. The highest BCUT2D eigenvalue weighted by Crippen LogP contribution is 2.41. The molecular weight excluding hydrogens is 1270 g/mol. The summed E-state index contributed by atoms with van der Waals surface area (Å²) < 4.78 is 365. The fraction of sp³-hybridized carbons (Fsp3) is 0.294. The van der Waals surface area contributed by atoms with Gasteiger partial charge in [0.15, 0.2) is 9.32 Å². The molecule has 4 nitrogen and oxygen atoms in total. The van der Waals surface area contributed by atoms with Gasteiger partial charge in [0.1, 0.15) is 12.8 Å². The predicted molar refractivity (Wildman–Crippen MR) is 239 cm³/mol. The van der Waals surface area contributed by atoms with E-state index in [0.29, 0.717) is 39.6 Å². The summed E-state index contributed by atoms with van der Waals surface area (Å²) in [6.45, 7) is 3.49. The Morgan fingerprint density at radius 3 is 0.864 bits per heavy atom. The summed E-state index contributed by atoms with van der Waals surface area (Å²) in [5.74, 6) is 0.967. The van der Waals surface area contributed by atoms with Crippen molar-refractivity contribution in [3.63, 3.8) is 0 Å². The zero-order valence-corrected chi connectivity index (χ0v) is 42.7. The second-order valence-corrected chi connectivity index (χ2v) is 20.1. The average molecular weight is 1310 g/mol. The Morgan fingerprint density at radius 1 is 0.321 bits per heavy atom. The van der Waals surface area contributed by atoms with Gasteiger partial charge >= 0.3 is 70.6 Å². The van der Waals surface area contributed by atoms with E-state index in [-0.39, 0.29) is 21.2 Å². The minimum atomic E-state index is -6.13. The molecule has 0 atom stereocenters. The number of para-hydroxylation sites is 1. The molecule has 6 aromatic carbocycles. The maximum atomic E-state index is 14.2. The molecule has 442 valence electrons. The first-order chi connectivity index (χ1) is 37.2. The second-order valence-electron chi connectivity index (χ2n) is 17.1. The SMILES string of the molecule is COCCOCCOCCOc1ccccc1[I+]c1ccccc1.FC(F)(F)c1cc([B-](c2cc(C(F)(F)F)cc(C(F)(F)F)c2)(c2cc(C(F)(F)F)cc(C(F)(F)F)c2)c2cc(C(F)(F)F)cc(C(F)(F)F)c2)cc(C(F)(F)F)c1. The Bertz CT molecular complexity index is 2610. The quantitative estimate of drug-likeness (QED) is 0.0419. The van der Waals surface area contributed by atoms with E-state index < -0.39 is 195 Å². The Hall–Kier alpha value is -5.89. The van der Waals surface area contributed by atoms with E-state index in [9.17, 15) is 105 Å². The molecule has 0 bridgehead atoms. The van der Waals surface area contributed by atoms with Crippen molar-refractivity contribution in [3.8, 4) is 5.75 Å². The van der Waals surface area contributed by atoms with Crippen LogP contribution in [0.1, 0.15) is 44.5 Å². The lowest BCUT2D eigenvalue weighted by Gasteiger charge is -2.46. The van der Waals surface area contributed by atoms with Crippen LogP contribution in [0.2, 0.25) is 0 Å². The van der Waals surface area contributed by atoms with Crippen molar-refractivity contribution in [2.45, 2.75) is 49.4 Å². The van der Waals surface area contributed by atoms with Gasteiger partial charge in [0.2, 0.25) is 3.57 Å². The van der Waals surface area contributed by atoms with Crippen LogP contribution in [-0.2, 0) is 63.6 Å². The summed E-state index contributed by atoms with van der Waals surface area (Å²) >= 11 is -0.229. The number of hydrogen-bond acceptors (Lipinski definition) is 4. The van der Waals surface area contributed by atoms with Crippen molar-refractivity contribution >= 4 is 28.0 Å². The van der Waals surface area contributed by atoms with Gasteiger partial charge in [-0.2, -0.15) is 127 Å². The Morgan fingerprint density at radius 2 is 0.580 bits per heavy atom. The van der Waals surface area contributed by atoms with Gasteiger partial charge in [-0.25, -0.2) is 0 Å². The third-order valence-corrected chi connectivity index (χ3v) is 14.3. The molecule has 0 saturated carbocycles. The van der Waals surface area contributed by atoms with Crippen molar-refractivity contribution in [1.29, 1.82) is 0 Å². The first-order valence-electron chi connectivity index (χ1n) is 22.6. The third-order valence-electron chi connectivity index (χ3n) is 11.5. The molecule has 0 aromatic heterocycles. The molecule has 0 saturated heterocycles. The Balaban J connectivity index is 0.000000416. The molecule has 0 amide bonds. The molecule has 0 aliphatic carbocycles. The third kappa shape index (κ3) is 17.6. The van der Waals surface area contributed by atoms with E-state index in [2.05, 4.69) is 36.4 Å². The van der Waals surface area contributed by atoms with Gasteiger partial charge in [0.05, 0.1) is 77.5 Å². The number of methoxy groups -OCH3 is 1. The van der Waals surface area contributed by atoms with Crippen molar-refractivity contribution in [2.75, 3.05) is 46.8 Å². The summed E-state index contributed by atoms with van der Waals surface area (Å²) in [6.07, 6.45) is -54.8. The minimum absolute atomic E-state index is 0.229. The van der Waals surface area contributed by atoms with Crippen molar-refractivity contribution in [3.05, 3.63) is 179 Å². The molecule has 0 unspecified atom stereocenters. The van der Waals surface area contributed by atoms with Crippen LogP contribution in [0, 0.1) is 7.14 Å². The van der Waals surface area contributed by atoms with Gasteiger partial charge in [-0.05, 0) is 48.5 Å². The highest BCUT2D eigenvalue weighted by Gasteiger charge is 2.47. The zero-order valence-electron chi connectivity index (χ0n) is 40.5. The Kier molecular flexibility index (Phi) is 20.6. The maximum Gasteiger partial charge on any atom is 0.416 e. The first kappa shape index (κ1) is 65.9. The first-order valence-corrected chi connectivity index (χ1v) is 24.7. The van der Waals surface area contributed by atoms with Gasteiger partial charge in [-0.15, -0.1) is 0 Å². The Labute approximate surface area is 453 Å². The summed E-state index contributed by atoms with van der Waals surface area (Å²) in [6, 6.07) is 10.0. The number of ether oxygens (including phenoxy) is 4. The standard InChI is InChI=1S/C32H12BF24.C19H24IO4/c34-25(35,36)13-1-14(26(37,38)39)6-21(5-13)33(22-7-15(27(40,41)42)2-16(8-22)28(43,44)45,23-9-17(29(46,47)48)3-18(10-23)30(49,50)51)24-11-19(31(52,53)54)4-20(12-24)32(55,56)57;1-21-11-12-22-13-14-23-15-16-24-19-10-6-5-9-18(19)20-17-7-3-2-4-8-17/h1-12H;2-10H,11-16H2,1H3/q-1;+1.